The van der Waals surface area contributed by atoms with Gasteiger partial charge in [-0.05, 0) is 23.8 Å². The van der Waals surface area contributed by atoms with Gasteiger partial charge in [0.2, 0.25) is 11.8 Å². The zero-order valence-electron chi connectivity index (χ0n) is 15.4. The molecule has 26 heavy (non-hydrogen) atoms. The van der Waals surface area contributed by atoms with Crippen molar-refractivity contribution in [2.45, 2.75) is 52.4 Å². The molecule has 0 saturated carbocycles. The Morgan fingerprint density at radius 3 is 2.73 bits per heavy atom. The van der Waals surface area contributed by atoms with Crippen molar-refractivity contribution in [3.05, 3.63) is 33.5 Å². The van der Waals surface area contributed by atoms with E-state index in [1.54, 1.807) is 11.3 Å². The van der Waals surface area contributed by atoms with Gasteiger partial charge >= 0.3 is 0 Å². The molecule has 2 rings (SSSR count). The summed E-state index contributed by atoms with van der Waals surface area (Å²) in [4.78, 5) is 29.5. The van der Waals surface area contributed by atoms with Gasteiger partial charge in [0.25, 0.3) is 0 Å². The summed E-state index contributed by atoms with van der Waals surface area (Å²) in [6.07, 6.45) is 5.23. The number of thiophene rings is 1. The second kappa shape index (κ2) is 11.1. The van der Waals surface area contributed by atoms with Gasteiger partial charge in [-0.25, -0.2) is 4.98 Å². The number of hydrogen-bond acceptors (Lipinski definition) is 5. The molecular weight excluding hydrogens is 366 g/mol. The Kier molecular flexibility index (Phi) is 8.77. The normalized spacial score (nSPS) is 11.9. The first kappa shape index (κ1) is 20.6. The molecule has 0 aliphatic heterocycles. The summed E-state index contributed by atoms with van der Waals surface area (Å²) >= 11 is 2.91. The van der Waals surface area contributed by atoms with Crippen LogP contribution in [0.25, 0.3) is 0 Å². The number of nitrogens with one attached hydrogen (secondary N) is 2. The maximum Gasteiger partial charge on any atom is 0.231 e. The van der Waals surface area contributed by atoms with E-state index in [0.29, 0.717) is 23.2 Å². The zero-order valence-corrected chi connectivity index (χ0v) is 17.0. The van der Waals surface area contributed by atoms with E-state index < -0.39 is 0 Å². The van der Waals surface area contributed by atoms with Gasteiger partial charge < -0.3 is 10.6 Å². The minimum absolute atomic E-state index is 0.0123. The van der Waals surface area contributed by atoms with E-state index in [0.717, 1.165) is 24.3 Å². The van der Waals surface area contributed by atoms with E-state index in [1.807, 2.05) is 22.9 Å². The topological polar surface area (TPSA) is 71.1 Å². The molecular formula is C19H27N3O2S2. The summed E-state index contributed by atoms with van der Waals surface area (Å²) in [5.74, 6) is 0.447. The van der Waals surface area contributed by atoms with Crippen LogP contribution < -0.4 is 10.6 Å². The highest BCUT2D eigenvalue weighted by Gasteiger charge is 2.12. The van der Waals surface area contributed by atoms with Crippen LogP contribution in [0.4, 0.5) is 5.13 Å². The number of thiazole rings is 1. The number of hydrogen-bond donors (Lipinski definition) is 2. The predicted octanol–water partition coefficient (Wildman–Crippen LogP) is 4.26. The van der Waals surface area contributed by atoms with Crippen LogP contribution in [0, 0.1) is 5.92 Å². The highest BCUT2D eigenvalue weighted by molar-refractivity contribution is 7.14. The van der Waals surface area contributed by atoms with E-state index in [-0.39, 0.29) is 18.2 Å². The number of rotatable bonds is 11. The molecule has 2 aromatic heterocycles. The number of amides is 2. The lowest BCUT2D eigenvalue weighted by atomic mass is 9.99. The fourth-order valence-electron chi connectivity index (χ4n) is 2.61. The smallest absolute Gasteiger partial charge is 0.231 e. The molecule has 1 atom stereocenters. The standard InChI is InChI=1S/C19H27N3O2S2/c1-3-5-7-14(4-2)12-20-17(23)10-15-13-26-19(21-15)22-18(24)11-16-8-6-9-25-16/h6,8-9,13-14H,3-5,7,10-12H2,1-2H3,(H,20,23)(H,21,22,24). The van der Waals surface area contributed by atoms with Crippen molar-refractivity contribution in [1.29, 1.82) is 0 Å². The SMILES string of the molecule is CCCCC(CC)CNC(=O)Cc1csc(NC(=O)Cc2cccs2)n1. The molecule has 7 heteroatoms. The van der Waals surface area contributed by atoms with Crippen molar-refractivity contribution in [2.75, 3.05) is 11.9 Å². The fourth-order valence-corrected chi connectivity index (χ4v) is 4.04. The molecule has 2 amide bonds. The van der Waals surface area contributed by atoms with Crippen LogP contribution >= 0.6 is 22.7 Å². The Bertz CT molecular complexity index is 683. The van der Waals surface area contributed by atoms with Crippen LogP contribution in [0.2, 0.25) is 0 Å². The largest absolute Gasteiger partial charge is 0.355 e. The number of carbonyl (C=O) groups is 2. The maximum absolute atomic E-state index is 12.1. The van der Waals surface area contributed by atoms with Crippen molar-refractivity contribution >= 4 is 39.6 Å². The van der Waals surface area contributed by atoms with Gasteiger partial charge in [-0.2, -0.15) is 0 Å². The minimum Gasteiger partial charge on any atom is -0.355 e. The summed E-state index contributed by atoms with van der Waals surface area (Å²) in [6, 6.07) is 3.87. The van der Waals surface area contributed by atoms with E-state index in [2.05, 4.69) is 29.5 Å². The van der Waals surface area contributed by atoms with E-state index in [1.165, 1.54) is 24.2 Å². The monoisotopic (exact) mass is 393 g/mol. The van der Waals surface area contributed by atoms with Gasteiger partial charge in [0.15, 0.2) is 5.13 Å². The Morgan fingerprint density at radius 1 is 1.19 bits per heavy atom. The average Bonchev–Trinajstić information content (AvgIpc) is 3.27. The third kappa shape index (κ3) is 7.25. The molecule has 1 unspecified atom stereocenters. The third-order valence-electron chi connectivity index (χ3n) is 4.19. The van der Waals surface area contributed by atoms with E-state index in [9.17, 15) is 9.59 Å². The molecule has 5 nitrogen and oxygen atoms in total. The lowest BCUT2D eigenvalue weighted by Gasteiger charge is -2.14. The summed E-state index contributed by atoms with van der Waals surface area (Å²) in [6.45, 7) is 5.08. The molecule has 0 spiro atoms. The van der Waals surface area contributed by atoms with Crippen molar-refractivity contribution < 1.29 is 9.59 Å². The Hall–Kier alpha value is -1.73. The van der Waals surface area contributed by atoms with E-state index in [4.69, 9.17) is 0 Å². The second-order valence-electron chi connectivity index (χ2n) is 6.35. The van der Waals surface area contributed by atoms with Gasteiger partial charge in [-0.3, -0.25) is 9.59 Å². The fraction of sp³-hybridized carbons (Fsp3) is 0.526. The zero-order chi connectivity index (χ0) is 18.8. The Balaban J connectivity index is 1.74. The van der Waals surface area contributed by atoms with Crippen molar-refractivity contribution in [3.8, 4) is 0 Å². The minimum atomic E-state index is -0.0838. The second-order valence-corrected chi connectivity index (χ2v) is 8.24. The Labute approximate surface area is 163 Å². The first-order chi connectivity index (χ1) is 12.6. The maximum atomic E-state index is 12.1. The number of carbonyl (C=O) groups excluding carboxylic acids is 2. The van der Waals surface area contributed by atoms with Gasteiger partial charge in [-0.15, -0.1) is 22.7 Å². The molecule has 0 aliphatic rings. The van der Waals surface area contributed by atoms with Crippen LogP contribution in [0.3, 0.4) is 0 Å². The van der Waals surface area contributed by atoms with Gasteiger partial charge in [-0.1, -0.05) is 39.2 Å². The van der Waals surface area contributed by atoms with Crippen LogP contribution in [-0.2, 0) is 22.4 Å². The number of unbranched alkanes of at least 4 members (excludes halogenated alkanes) is 1. The highest BCUT2D eigenvalue weighted by Crippen LogP contribution is 2.17. The number of aromatic nitrogens is 1. The van der Waals surface area contributed by atoms with Crippen LogP contribution in [0.5, 0.6) is 0 Å². The van der Waals surface area contributed by atoms with Gasteiger partial charge in [0.05, 0.1) is 18.5 Å². The average molecular weight is 394 g/mol. The molecule has 0 fully saturated rings. The van der Waals surface area contributed by atoms with Gasteiger partial charge in [0, 0.05) is 16.8 Å². The molecule has 0 radical (unpaired) electrons. The number of anilines is 1. The predicted molar refractivity (Wildman–Crippen MR) is 109 cm³/mol. The molecule has 0 aromatic carbocycles. The first-order valence-corrected chi connectivity index (χ1v) is 10.9. The lowest BCUT2D eigenvalue weighted by Crippen LogP contribution is -2.30. The van der Waals surface area contributed by atoms with E-state index >= 15 is 0 Å². The summed E-state index contributed by atoms with van der Waals surface area (Å²) in [7, 11) is 0. The summed E-state index contributed by atoms with van der Waals surface area (Å²) in [5, 5.41) is 10.1. The Morgan fingerprint density at radius 2 is 2.04 bits per heavy atom. The van der Waals surface area contributed by atoms with Crippen molar-refractivity contribution in [3.63, 3.8) is 0 Å². The summed E-state index contributed by atoms with van der Waals surface area (Å²) < 4.78 is 0. The molecule has 2 aromatic rings. The molecule has 2 N–H and O–H groups in total. The van der Waals surface area contributed by atoms with Crippen molar-refractivity contribution in [2.24, 2.45) is 5.92 Å². The van der Waals surface area contributed by atoms with Gasteiger partial charge in [0.1, 0.15) is 0 Å². The lowest BCUT2D eigenvalue weighted by molar-refractivity contribution is -0.120. The van der Waals surface area contributed by atoms with Crippen molar-refractivity contribution in [1.82, 2.24) is 10.3 Å². The molecule has 142 valence electrons. The molecule has 2 heterocycles. The molecule has 0 bridgehead atoms. The summed E-state index contributed by atoms with van der Waals surface area (Å²) in [5.41, 5.74) is 0.695. The third-order valence-corrected chi connectivity index (χ3v) is 5.87. The van der Waals surface area contributed by atoms with Crippen LogP contribution in [-0.4, -0.2) is 23.3 Å². The highest BCUT2D eigenvalue weighted by atomic mass is 32.1. The molecule has 0 aliphatic carbocycles. The van der Waals surface area contributed by atoms with Crippen LogP contribution in [0.15, 0.2) is 22.9 Å². The van der Waals surface area contributed by atoms with Crippen LogP contribution in [0.1, 0.15) is 50.1 Å². The number of nitrogens with zero attached hydrogens (tertiary/aromatic N) is 1. The molecule has 0 saturated heterocycles. The quantitative estimate of drug-likeness (QED) is 0.599. The first-order valence-electron chi connectivity index (χ1n) is 9.14.